The summed E-state index contributed by atoms with van der Waals surface area (Å²) in [6.45, 7) is 2.47. The average molecular weight is 295 g/mol. The molecule has 0 saturated heterocycles. The zero-order chi connectivity index (χ0) is 15.5. The summed E-state index contributed by atoms with van der Waals surface area (Å²) >= 11 is 0. The van der Waals surface area contributed by atoms with Crippen molar-refractivity contribution in [2.45, 2.75) is 6.92 Å². The molecule has 0 unspecified atom stereocenters. The number of para-hydroxylation sites is 2. The van der Waals surface area contributed by atoms with Gasteiger partial charge < -0.3 is 9.30 Å². The molecule has 0 aliphatic heterocycles. The summed E-state index contributed by atoms with van der Waals surface area (Å²) in [6, 6.07) is 14.9. The van der Waals surface area contributed by atoms with Crippen LogP contribution >= 0.6 is 0 Å². The number of aromatic nitrogens is 2. The molecule has 2 aromatic carbocycles. The Kier molecular flexibility index (Phi) is 3.78. The lowest BCUT2D eigenvalue weighted by molar-refractivity contribution is 0.102. The van der Waals surface area contributed by atoms with Crippen LogP contribution in [0.25, 0.3) is 11.0 Å². The van der Waals surface area contributed by atoms with E-state index in [4.69, 9.17) is 4.74 Å². The fraction of sp³-hybridized carbons (Fsp3) is 0.176. The predicted octanol–water partition coefficient (Wildman–Crippen LogP) is 3.22. The normalized spacial score (nSPS) is 10.6. The number of rotatable bonds is 4. The van der Waals surface area contributed by atoms with Gasteiger partial charge in [0.2, 0.25) is 5.95 Å². The Hall–Kier alpha value is -2.82. The topological polar surface area (TPSA) is 56.1 Å². The van der Waals surface area contributed by atoms with E-state index in [1.807, 2.05) is 48.9 Å². The van der Waals surface area contributed by atoms with Gasteiger partial charge in [-0.3, -0.25) is 10.1 Å². The maximum atomic E-state index is 12.4. The number of carbonyl (C=O) groups is 1. The second kappa shape index (κ2) is 5.89. The number of carbonyl (C=O) groups excluding carboxylic acids is 1. The van der Waals surface area contributed by atoms with E-state index in [2.05, 4.69) is 10.3 Å². The van der Waals surface area contributed by atoms with Crippen molar-refractivity contribution < 1.29 is 9.53 Å². The van der Waals surface area contributed by atoms with Crippen molar-refractivity contribution in [3.05, 3.63) is 54.1 Å². The molecule has 0 aliphatic carbocycles. The molecule has 112 valence electrons. The van der Waals surface area contributed by atoms with Crippen LogP contribution in [-0.4, -0.2) is 22.1 Å². The maximum absolute atomic E-state index is 12.4. The monoisotopic (exact) mass is 295 g/mol. The van der Waals surface area contributed by atoms with Gasteiger partial charge in [-0.1, -0.05) is 18.2 Å². The Morgan fingerprint density at radius 1 is 1.23 bits per heavy atom. The third-order valence-electron chi connectivity index (χ3n) is 3.42. The molecule has 0 saturated carbocycles. The molecule has 3 aromatic rings. The molecule has 0 spiro atoms. The molecule has 5 nitrogen and oxygen atoms in total. The van der Waals surface area contributed by atoms with E-state index < -0.39 is 0 Å². The summed E-state index contributed by atoms with van der Waals surface area (Å²) in [5.74, 6) is 0.994. The van der Waals surface area contributed by atoms with Crippen LogP contribution in [0.5, 0.6) is 5.75 Å². The van der Waals surface area contributed by atoms with Crippen LogP contribution in [0.15, 0.2) is 48.5 Å². The van der Waals surface area contributed by atoms with Crippen LogP contribution in [0.3, 0.4) is 0 Å². The van der Waals surface area contributed by atoms with Crippen LogP contribution in [0.1, 0.15) is 17.3 Å². The molecule has 1 heterocycles. The van der Waals surface area contributed by atoms with Gasteiger partial charge in [0.1, 0.15) is 5.75 Å². The number of fused-ring (bicyclic) bond motifs is 1. The highest BCUT2D eigenvalue weighted by atomic mass is 16.5. The van der Waals surface area contributed by atoms with E-state index in [1.54, 1.807) is 18.2 Å². The first kappa shape index (κ1) is 14.1. The minimum Gasteiger partial charge on any atom is -0.494 e. The second-order valence-electron chi connectivity index (χ2n) is 4.90. The number of aryl methyl sites for hydroxylation is 1. The third-order valence-corrected chi connectivity index (χ3v) is 3.42. The zero-order valence-electron chi connectivity index (χ0n) is 12.5. The molecule has 22 heavy (non-hydrogen) atoms. The summed E-state index contributed by atoms with van der Waals surface area (Å²) in [4.78, 5) is 16.8. The second-order valence-corrected chi connectivity index (χ2v) is 4.90. The van der Waals surface area contributed by atoms with Gasteiger partial charge in [-0.2, -0.15) is 0 Å². The number of nitrogens with one attached hydrogen (secondary N) is 1. The molecule has 0 bridgehead atoms. The number of nitrogens with zero attached hydrogens (tertiary/aromatic N) is 2. The Bertz CT molecular complexity index is 824. The number of benzene rings is 2. The molecule has 1 aromatic heterocycles. The number of ether oxygens (including phenoxy) is 1. The molecule has 3 rings (SSSR count). The summed E-state index contributed by atoms with van der Waals surface area (Å²) in [7, 11) is 1.88. The molecule has 0 radical (unpaired) electrons. The fourth-order valence-corrected chi connectivity index (χ4v) is 2.32. The van der Waals surface area contributed by atoms with Crippen LogP contribution in [0.4, 0.5) is 5.95 Å². The first-order chi connectivity index (χ1) is 10.7. The van der Waals surface area contributed by atoms with Crippen LogP contribution in [0, 0.1) is 0 Å². The van der Waals surface area contributed by atoms with E-state index in [0.29, 0.717) is 23.9 Å². The lowest BCUT2D eigenvalue weighted by Gasteiger charge is -2.07. The molecular formula is C17H17N3O2. The van der Waals surface area contributed by atoms with Crippen molar-refractivity contribution in [1.82, 2.24) is 9.55 Å². The first-order valence-electron chi connectivity index (χ1n) is 7.14. The Labute approximate surface area is 128 Å². The molecule has 1 amide bonds. The van der Waals surface area contributed by atoms with Gasteiger partial charge in [0.15, 0.2) is 0 Å². The highest BCUT2D eigenvalue weighted by molar-refractivity contribution is 6.04. The van der Waals surface area contributed by atoms with Crippen molar-refractivity contribution in [3.63, 3.8) is 0 Å². The number of hydrogen-bond donors (Lipinski definition) is 1. The van der Waals surface area contributed by atoms with Crippen molar-refractivity contribution in [1.29, 1.82) is 0 Å². The largest absolute Gasteiger partial charge is 0.494 e. The van der Waals surface area contributed by atoms with Gasteiger partial charge in [0.25, 0.3) is 5.91 Å². The minimum absolute atomic E-state index is 0.208. The molecule has 0 aliphatic rings. The van der Waals surface area contributed by atoms with E-state index in [-0.39, 0.29) is 5.91 Å². The van der Waals surface area contributed by atoms with Crippen molar-refractivity contribution in [2.24, 2.45) is 7.05 Å². The lowest BCUT2D eigenvalue weighted by Crippen LogP contribution is -2.15. The van der Waals surface area contributed by atoms with Gasteiger partial charge in [-0.15, -0.1) is 0 Å². The Morgan fingerprint density at radius 2 is 2.05 bits per heavy atom. The average Bonchev–Trinajstić information content (AvgIpc) is 2.85. The van der Waals surface area contributed by atoms with E-state index in [9.17, 15) is 4.79 Å². The van der Waals surface area contributed by atoms with Gasteiger partial charge in [-0.05, 0) is 37.3 Å². The zero-order valence-corrected chi connectivity index (χ0v) is 12.5. The minimum atomic E-state index is -0.208. The molecular weight excluding hydrogens is 278 g/mol. The van der Waals surface area contributed by atoms with Crippen molar-refractivity contribution >= 4 is 22.9 Å². The fourth-order valence-electron chi connectivity index (χ4n) is 2.32. The SMILES string of the molecule is CCOc1cccc(C(=O)Nc2nc3ccccc3n2C)c1. The summed E-state index contributed by atoms with van der Waals surface area (Å²) in [5, 5.41) is 2.84. The maximum Gasteiger partial charge on any atom is 0.258 e. The molecule has 0 fully saturated rings. The quantitative estimate of drug-likeness (QED) is 0.804. The van der Waals surface area contributed by atoms with Gasteiger partial charge in [0, 0.05) is 12.6 Å². The van der Waals surface area contributed by atoms with E-state index >= 15 is 0 Å². The number of anilines is 1. The lowest BCUT2D eigenvalue weighted by atomic mass is 10.2. The van der Waals surface area contributed by atoms with Crippen molar-refractivity contribution in [3.8, 4) is 5.75 Å². The van der Waals surface area contributed by atoms with Gasteiger partial charge in [-0.25, -0.2) is 4.98 Å². The smallest absolute Gasteiger partial charge is 0.258 e. The molecule has 5 heteroatoms. The molecule has 1 N–H and O–H groups in total. The van der Waals surface area contributed by atoms with Gasteiger partial charge >= 0.3 is 0 Å². The first-order valence-corrected chi connectivity index (χ1v) is 7.14. The molecule has 0 atom stereocenters. The number of imidazole rings is 1. The van der Waals surface area contributed by atoms with Crippen LogP contribution < -0.4 is 10.1 Å². The van der Waals surface area contributed by atoms with Crippen LogP contribution in [-0.2, 0) is 7.05 Å². The standard InChI is InChI=1S/C17H17N3O2/c1-3-22-13-8-6-7-12(11-13)16(21)19-17-18-14-9-4-5-10-15(14)20(17)2/h4-11H,3H2,1-2H3,(H,18,19,21). The van der Waals surface area contributed by atoms with Crippen LogP contribution in [0.2, 0.25) is 0 Å². The predicted molar refractivity (Wildman–Crippen MR) is 86.3 cm³/mol. The van der Waals surface area contributed by atoms with Crippen molar-refractivity contribution in [2.75, 3.05) is 11.9 Å². The summed E-state index contributed by atoms with van der Waals surface area (Å²) in [5.41, 5.74) is 2.36. The van der Waals surface area contributed by atoms with Gasteiger partial charge in [0.05, 0.1) is 17.6 Å². The van der Waals surface area contributed by atoms with E-state index in [1.165, 1.54) is 0 Å². The summed E-state index contributed by atoms with van der Waals surface area (Å²) < 4.78 is 7.28. The highest BCUT2D eigenvalue weighted by Crippen LogP contribution is 2.19. The highest BCUT2D eigenvalue weighted by Gasteiger charge is 2.12. The number of hydrogen-bond acceptors (Lipinski definition) is 3. The Balaban J connectivity index is 1.86. The van der Waals surface area contributed by atoms with E-state index in [0.717, 1.165) is 11.0 Å². The third kappa shape index (κ3) is 2.65. The summed E-state index contributed by atoms with van der Waals surface area (Å²) in [6.07, 6.45) is 0. The number of amides is 1. The Morgan fingerprint density at radius 3 is 2.82 bits per heavy atom.